The first-order valence-corrected chi connectivity index (χ1v) is 6.65. The van der Waals surface area contributed by atoms with Gasteiger partial charge in [0.05, 0.1) is 6.10 Å². The summed E-state index contributed by atoms with van der Waals surface area (Å²) < 4.78 is 13.3. The number of aromatic nitrogens is 1. The van der Waals surface area contributed by atoms with Crippen LogP contribution >= 0.6 is 0 Å². The zero-order valence-corrected chi connectivity index (χ0v) is 11.8. The van der Waals surface area contributed by atoms with Gasteiger partial charge >= 0.3 is 0 Å². The van der Waals surface area contributed by atoms with E-state index >= 15 is 0 Å². The lowest BCUT2D eigenvalue weighted by atomic mass is 10.1. The summed E-state index contributed by atoms with van der Waals surface area (Å²) >= 11 is 0. The van der Waals surface area contributed by atoms with Crippen molar-refractivity contribution in [2.75, 3.05) is 18.5 Å². The standard InChI is InChI=1S/C16H19FN2O/c1-12(20)15-11-14(17)3-4-16(15)19(2)10-7-13-5-8-18-9-6-13/h3-6,8-9,11-12,20H,7,10H2,1-2H3. The molecule has 0 aliphatic heterocycles. The molecule has 0 radical (unpaired) electrons. The second-order valence-corrected chi connectivity index (χ2v) is 4.91. The lowest BCUT2D eigenvalue weighted by Crippen LogP contribution is -2.22. The first-order valence-electron chi connectivity index (χ1n) is 6.65. The third-order valence-corrected chi connectivity index (χ3v) is 3.34. The SMILES string of the molecule is CC(O)c1cc(F)ccc1N(C)CCc1ccncc1. The summed E-state index contributed by atoms with van der Waals surface area (Å²) in [5, 5.41) is 9.76. The lowest BCUT2D eigenvalue weighted by molar-refractivity contribution is 0.199. The van der Waals surface area contributed by atoms with Crippen molar-refractivity contribution >= 4 is 5.69 Å². The molecule has 1 heterocycles. The molecule has 0 aliphatic carbocycles. The number of halogens is 1. The van der Waals surface area contributed by atoms with Crippen LogP contribution < -0.4 is 4.90 Å². The number of rotatable bonds is 5. The lowest BCUT2D eigenvalue weighted by Gasteiger charge is -2.23. The first-order chi connectivity index (χ1) is 9.58. The maximum atomic E-state index is 13.3. The van der Waals surface area contributed by atoms with E-state index < -0.39 is 6.10 Å². The Hall–Kier alpha value is -1.94. The predicted octanol–water partition coefficient (Wildman–Crippen LogP) is 2.95. The highest BCUT2D eigenvalue weighted by atomic mass is 19.1. The summed E-state index contributed by atoms with van der Waals surface area (Å²) in [4.78, 5) is 6.02. The van der Waals surface area contributed by atoms with Gasteiger partial charge in [0.25, 0.3) is 0 Å². The number of hydrogen-bond acceptors (Lipinski definition) is 3. The first kappa shape index (κ1) is 14.5. The molecule has 0 aliphatic rings. The summed E-state index contributed by atoms with van der Waals surface area (Å²) in [6, 6.07) is 8.49. The predicted molar refractivity (Wildman–Crippen MR) is 78.2 cm³/mol. The largest absolute Gasteiger partial charge is 0.389 e. The molecule has 3 nitrogen and oxygen atoms in total. The monoisotopic (exact) mass is 274 g/mol. The number of aliphatic hydroxyl groups is 1. The fourth-order valence-corrected chi connectivity index (χ4v) is 2.17. The maximum absolute atomic E-state index is 13.3. The third kappa shape index (κ3) is 3.54. The smallest absolute Gasteiger partial charge is 0.123 e. The minimum Gasteiger partial charge on any atom is -0.389 e. The van der Waals surface area contributed by atoms with Gasteiger partial charge in [0, 0.05) is 37.2 Å². The fraction of sp³-hybridized carbons (Fsp3) is 0.312. The Morgan fingerprint density at radius 1 is 1.25 bits per heavy atom. The number of likely N-dealkylation sites (N-methyl/N-ethyl adjacent to an activating group) is 1. The summed E-state index contributed by atoms with van der Waals surface area (Å²) in [7, 11) is 1.94. The summed E-state index contributed by atoms with van der Waals surface area (Å²) in [6.07, 6.45) is 3.72. The minimum atomic E-state index is -0.691. The van der Waals surface area contributed by atoms with Gasteiger partial charge in [-0.1, -0.05) is 0 Å². The average molecular weight is 274 g/mol. The molecule has 0 spiro atoms. The van der Waals surface area contributed by atoms with E-state index in [1.165, 1.54) is 17.7 Å². The van der Waals surface area contributed by atoms with Crippen LogP contribution in [0, 0.1) is 5.82 Å². The van der Waals surface area contributed by atoms with Gasteiger partial charge in [0.15, 0.2) is 0 Å². The van der Waals surface area contributed by atoms with E-state index in [2.05, 4.69) is 4.98 Å². The maximum Gasteiger partial charge on any atom is 0.123 e. The van der Waals surface area contributed by atoms with Crippen molar-refractivity contribution in [1.29, 1.82) is 0 Å². The highest BCUT2D eigenvalue weighted by molar-refractivity contribution is 5.54. The van der Waals surface area contributed by atoms with Crippen LogP contribution in [0.5, 0.6) is 0 Å². The van der Waals surface area contributed by atoms with Crippen molar-refractivity contribution in [3.8, 4) is 0 Å². The van der Waals surface area contributed by atoms with Gasteiger partial charge in [-0.25, -0.2) is 4.39 Å². The second-order valence-electron chi connectivity index (χ2n) is 4.91. The van der Waals surface area contributed by atoms with E-state index in [9.17, 15) is 9.50 Å². The third-order valence-electron chi connectivity index (χ3n) is 3.34. The summed E-state index contributed by atoms with van der Waals surface area (Å²) in [5.74, 6) is -0.327. The van der Waals surface area contributed by atoms with E-state index in [0.717, 1.165) is 18.7 Å². The molecule has 0 amide bonds. The molecule has 106 valence electrons. The zero-order chi connectivity index (χ0) is 14.5. The Balaban J connectivity index is 2.11. The Bertz CT molecular complexity index is 558. The minimum absolute atomic E-state index is 0.327. The molecule has 1 aromatic carbocycles. The number of benzene rings is 1. The van der Waals surface area contributed by atoms with Crippen LogP contribution in [0.4, 0.5) is 10.1 Å². The zero-order valence-electron chi connectivity index (χ0n) is 11.8. The molecule has 1 unspecified atom stereocenters. The van der Waals surface area contributed by atoms with E-state index in [4.69, 9.17) is 0 Å². The molecule has 2 aromatic rings. The Labute approximate surface area is 118 Å². The van der Waals surface area contributed by atoms with E-state index in [0.29, 0.717) is 5.56 Å². The van der Waals surface area contributed by atoms with Crippen molar-refractivity contribution in [2.45, 2.75) is 19.4 Å². The molecule has 1 aromatic heterocycles. The topological polar surface area (TPSA) is 36.4 Å². The number of hydrogen-bond donors (Lipinski definition) is 1. The van der Waals surface area contributed by atoms with Gasteiger partial charge in [-0.2, -0.15) is 0 Å². The molecule has 0 bridgehead atoms. The molecular weight excluding hydrogens is 255 g/mol. The molecular formula is C16H19FN2O. The van der Waals surface area contributed by atoms with Crippen LogP contribution in [-0.4, -0.2) is 23.7 Å². The van der Waals surface area contributed by atoms with Crippen molar-refractivity contribution in [3.05, 3.63) is 59.7 Å². The molecule has 4 heteroatoms. The molecule has 20 heavy (non-hydrogen) atoms. The highest BCUT2D eigenvalue weighted by Gasteiger charge is 2.12. The molecule has 0 fully saturated rings. The molecule has 2 rings (SSSR count). The molecule has 0 saturated heterocycles. The van der Waals surface area contributed by atoms with Crippen LogP contribution in [0.1, 0.15) is 24.2 Å². The number of pyridine rings is 1. The van der Waals surface area contributed by atoms with E-state index in [-0.39, 0.29) is 5.82 Å². The quantitative estimate of drug-likeness (QED) is 0.910. The summed E-state index contributed by atoms with van der Waals surface area (Å²) in [5.41, 5.74) is 2.67. The van der Waals surface area contributed by atoms with Crippen LogP contribution in [-0.2, 0) is 6.42 Å². The van der Waals surface area contributed by atoms with Crippen molar-refractivity contribution in [1.82, 2.24) is 4.98 Å². The van der Waals surface area contributed by atoms with Gasteiger partial charge in [-0.3, -0.25) is 4.98 Å². The van der Waals surface area contributed by atoms with E-state index in [1.54, 1.807) is 25.4 Å². The molecule has 1 N–H and O–H groups in total. The van der Waals surface area contributed by atoms with E-state index in [1.807, 2.05) is 24.1 Å². The fourth-order valence-electron chi connectivity index (χ4n) is 2.17. The Morgan fingerprint density at radius 2 is 1.95 bits per heavy atom. The van der Waals surface area contributed by atoms with Crippen LogP contribution in [0.2, 0.25) is 0 Å². The number of aliphatic hydroxyl groups excluding tert-OH is 1. The second kappa shape index (κ2) is 6.48. The Morgan fingerprint density at radius 3 is 2.60 bits per heavy atom. The van der Waals surface area contributed by atoms with Gasteiger partial charge in [-0.15, -0.1) is 0 Å². The number of anilines is 1. The Kier molecular flexibility index (Phi) is 4.69. The van der Waals surface area contributed by atoms with Crippen molar-refractivity contribution < 1.29 is 9.50 Å². The van der Waals surface area contributed by atoms with Crippen molar-refractivity contribution in [3.63, 3.8) is 0 Å². The van der Waals surface area contributed by atoms with Crippen LogP contribution in [0.25, 0.3) is 0 Å². The number of nitrogens with zero attached hydrogens (tertiary/aromatic N) is 2. The molecule has 1 atom stereocenters. The van der Waals surface area contributed by atoms with Gasteiger partial charge in [0.1, 0.15) is 5.82 Å². The normalized spacial score (nSPS) is 12.2. The van der Waals surface area contributed by atoms with Crippen LogP contribution in [0.15, 0.2) is 42.7 Å². The average Bonchev–Trinajstić information content (AvgIpc) is 2.45. The van der Waals surface area contributed by atoms with Gasteiger partial charge < -0.3 is 10.0 Å². The van der Waals surface area contributed by atoms with Crippen molar-refractivity contribution in [2.24, 2.45) is 0 Å². The van der Waals surface area contributed by atoms with Crippen LogP contribution in [0.3, 0.4) is 0 Å². The van der Waals surface area contributed by atoms with Gasteiger partial charge in [-0.05, 0) is 49.2 Å². The highest BCUT2D eigenvalue weighted by Crippen LogP contribution is 2.26. The molecule has 0 saturated carbocycles. The summed E-state index contributed by atoms with van der Waals surface area (Å²) in [6.45, 7) is 2.43. The van der Waals surface area contributed by atoms with Gasteiger partial charge in [0.2, 0.25) is 0 Å².